The van der Waals surface area contributed by atoms with Gasteiger partial charge < -0.3 is 0 Å². The first kappa shape index (κ1) is 18.6. The molecular weight excluding hydrogens is 367 g/mol. The summed E-state index contributed by atoms with van der Waals surface area (Å²) in [7, 11) is 0. The minimum Gasteiger partial charge on any atom is -0.0776 e. The van der Waals surface area contributed by atoms with E-state index in [2.05, 4.69) is 46.3 Å². The standard InChI is InChI=1S/C11H9Br.3CH4.Sn/c12-11-6-7-5-10(11)9-4-2-1-3-8(7)9;;;;/h1-4,6-7,10H,5H2;3*1H4;. The van der Waals surface area contributed by atoms with Crippen molar-refractivity contribution in [2.24, 2.45) is 0 Å². The second-order valence-corrected chi connectivity index (χ2v) is 4.49. The van der Waals surface area contributed by atoms with Gasteiger partial charge in [0.05, 0.1) is 0 Å². The van der Waals surface area contributed by atoms with Gasteiger partial charge in [0.25, 0.3) is 0 Å². The van der Waals surface area contributed by atoms with E-state index in [-0.39, 0.29) is 46.2 Å². The number of allylic oxidation sites excluding steroid dienone is 2. The Morgan fingerprint density at radius 1 is 1.00 bits per heavy atom. The van der Waals surface area contributed by atoms with Crippen molar-refractivity contribution in [3.8, 4) is 0 Å². The van der Waals surface area contributed by atoms with E-state index >= 15 is 0 Å². The maximum absolute atomic E-state index is 3.63. The number of hydrogen-bond donors (Lipinski definition) is 0. The molecule has 0 spiro atoms. The fraction of sp³-hybridized carbons (Fsp3) is 0.429. The van der Waals surface area contributed by atoms with Crippen LogP contribution >= 0.6 is 15.9 Å². The smallest absolute Gasteiger partial charge is 0.0164 e. The van der Waals surface area contributed by atoms with Crippen molar-refractivity contribution in [2.75, 3.05) is 0 Å². The Hall–Kier alpha value is 0.239. The van der Waals surface area contributed by atoms with E-state index in [0.29, 0.717) is 11.8 Å². The summed E-state index contributed by atoms with van der Waals surface area (Å²) in [6.45, 7) is 0. The summed E-state index contributed by atoms with van der Waals surface area (Å²) >= 11 is 3.63. The fourth-order valence-corrected chi connectivity index (χ4v) is 3.15. The van der Waals surface area contributed by atoms with Gasteiger partial charge in [-0.3, -0.25) is 0 Å². The van der Waals surface area contributed by atoms with Crippen LogP contribution in [0, 0.1) is 0 Å². The molecule has 0 aromatic heterocycles. The van der Waals surface area contributed by atoms with Crippen LogP contribution in [-0.2, 0) is 0 Å². The molecule has 88 valence electrons. The topological polar surface area (TPSA) is 0 Å². The molecule has 2 heteroatoms. The van der Waals surface area contributed by atoms with Crippen molar-refractivity contribution in [2.45, 2.75) is 40.5 Å². The van der Waals surface area contributed by atoms with Gasteiger partial charge in [0.1, 0.15) is 0 Å². The third-order valence-electron chi connectivity index (χ3n) is 2.95. The van der Waals surface area contributed by atoms with Crippen molar-refractivity contribution in [3.63, 3.8) is 0 Å². The van der Waals surface area contributed by atoms with Gasteiger partial charge >= 0.3 is 0 Å². The van der Waals surface area contributed by atoms with Crippen molar-refractivity contribution >= 4 is 39.8 Å². The second-order valence-electron chi connectivity index (χ2n) is 3.58. The quantitative estimate of drug-likeness (QED) is 0.545. The first-order valence-electron chi connectivity index (χ1n) is 4.32. The molecule has 2 unspecified atom stereocenters. The van der Waals surface area contributed by atoms with Crippen LogP contribution in [0.1, 0.15) is 51.7 Å². The minimum atomic E-state index is 0. The van der Waals surface area contributed by atoms with Crippen LogP contribution in [-0.4, -0.2) is 23.9 Å². The van der Waals surface area contributed by atoms with Crippen molar-refractivity contribution in [1.29, 1.82) is 0 Å². The third-order valence-corrected chi connectivity index (χ3v) is 3.77. The number of halogens is 1. The first-order chi connectivity index (χ1) is 5.86. The molecule has 0 saturated heterocycles. The Bertz CT molecular complexity index is 371. The average molecular weight is 388 g/mol. The monoisotopic (exact) mass is 388 g/mol. The zero-order chi connectivity index (χ0) is 8.13. The van der Waals surface area contributed by atoms with Gasteiger partial charge in [0, 0.05) is 35.7 Å². The van der Waals surface area contributed by atoms with Gasteiger partial charge in [-0.1, -0.05) is 68.6 Å². The Morgan fingerprint density at radius 2 is 1.56 bits per heavy atom. The predicted octanol–water partition coefficient (Wildman–Crippen LogP) is 5.08. The maximum atomic E-state index is 3.63. The summed E-state index contributed by atoms with van der Waals surface area (Å²) in [5.74, 6) is 1.37. The molecule has 2 aliphatic rings. The zero-order valence-electron chi connectivity index (χ0n) is 7.13. The van der Waals surface area contributed by atoms with Crippen LogP contribution in [0.3, 0.4) is 0 Å². The number of rotatable bonds is 0. The average Bonchev–Trinajstić information content (AvgIpc) is 2.62. The summed E-state index contributed by atoms with van der Waals surface area (Å²) in [5.41, 5.74) is 3.09. The Labute approximate surface area is 126 Å². The van der Waals surface area contributed by atoms with Crippen LogP contribution in [0.5, 0.6) is 0 Å². The van der Waals surface area contributed by atoms with Gasteiger partial charge in [0.2, 0.25) is 0 Å². The molecule has 0 saturated carbocycles. The molecule has 4 radical (unpaired) electrons. The first-order valence-corrected chi connectivity index (χ1v) is 5.11. The summed E-state index contributed by atoms with van der Waals surface area (Å²) in [6.07, 6.45) is 3.65. The van der Waals surface area contributed by atoms with E-state index < -0.39 is 0 Å². The summed E-state index contributed by atoms with van der Waals surface area (Å²) in [6, 6.07) is 8.80. The zero-order valence-corrected chi connectivity index (χ0v) is 11.6. The molecule has 2 atom stereocenters. The SMILES string of the molecule is BrC1=CC2CC1c1ccccc12.C.C.C.[Sn]. The summed E-state index contributed by atoms with van der Waals surface area (Å²) in [4.78, 5) is 0. The number of hydrogen-bond acceptors (Lipinski definition) is 0. The van der Waals surface area contributed by atoms with Crippen molar-refractivity contribution in [1.82, 2.24) is 0 Å². The molecular formula is C14H21BrSn. The van der Waals surface area contributed by atoms with Crippen molar-refractivity contribution < 1.29 is 0 Å². The molecule has 0 fully saturated rings. The van der Waals surface area contributed by atoms with E-state index in [1.54, 1.807) is 5.56 Å². The third kappa shape index (κ3) is 2.56. The fourth-order valence-electron chi connectivity index (χ4n) is 2.40. The van der Waals surface area contributed by atoms with Gasteiger partial charge in [-0.05, 0) is 22.0 Å². The molecule has 3 rings (SSSR count). The molecule has 0 aliphatic heterocycles. The largest absolute Gasteiger partial charge is 0.0776 e. The summed E-state index contributed by atoms with van der Waals surface area (Å²) < 4.78 is 1.39. The molecule has 0 heterocycles. The normalized spacial score (nSPS) is 22.7. The molecule has 0 amide bonds. The number of benzene rings is 1. The summed E-state index contributed by atoms with van der Waals surface area (Å²) in [5, 5.41) is 0. The van der Waals surface area contributed by atoms with E-state index in [9.17, 15) is 0 Å². The molecule has 1 aromatic rings. The van der Waals surface area contributed by atoms with E-state index in [0.717, 1.165) is 0 Å². The van der Waals surface area contributed by atoms with Gasteiger partial charge in [-0.15, -0.1) is 0 Å². The Kier molecular flexibility index (Phi) is 7.96. The van der Waals surface area contributed by atoms with Crippen LogP contribution < -0.4 is 0 Å². The van der Waals surface area contributed by atoms with Crippen molar-refractivity contribution in [3.05, 3.63) is 46.0 Å². The minimum absolute atomic E-state index is 0. The molecule has 1 aromatic carbocycles. The van der Waals surface area contributed by atoms with Crippen LogP contribution in [0.2, 0.25) is 0 Å². The molecule has 0 nitrogen and oxygen atoms in total. The molecule has 2 aliphatic carbocycles. The van der Waals surface area contributed by atoms with Crippen LogP contribution in [0.25, 0.3) is 0 Å². The Morgan fingerprint density at radius 3 is 2.19 bits per heavy atom. The molecule has 16 heavy (non-hydrogen) atoms. The Balaban J connectivity index is 0. The maximum Gasteiger partial charge on any atom is 0.0164 e. The van der Waals surface area contributed by atoms with E-state index in [1.165, 1.54) is 16.5 Å². The van der Waals surface area contributed by atoms with Crippen LogP contribution in [0.4, 0.5) is 0 Å². The van der Waals surface area contributed by atoms with E-state index in [1.807, 2.05) is 0 Å². The predicted molar refractivity (Wildman–Crippen MR) is 79.5 cm³/mol. The number of fused-ring (bicyclic) bond motifs is 5. The molecule has 0 N–H and O–H groups in total. The van der Waals surface area contributed by atoms with Gasteiger partial charge in [-0.2, -0.15) is 0 Å². The second kappa shape index (κ2) is 6.85. The van der Waals surface area contributed by atoms with Gasteiger partial charge in [-0.25, -0.2) is 0 Å². The molecule has 2 bridgehead atoms. The van der Waals surface area contributed by atoms with E-state index in [4.69, 9.17) is 0 Å². The van der Waals surface area contributed by atoms with Crippen LogP contribution in [0.15, 0.2) is 34.8 Å². The van der Waals surface area contributed by atoms with Gasteiger partial charge in [0.15, 0.2) is 0 Å².